The Morgan fingerprint density at radius 3 is 2.82 bits per heavy atom. The van der Waals surface area contributed by atoms with Crippen molar-refractivity contribution in [3.05, 3.63) is 18.4 Å². The van der Waals surface area contributed by atoms with E-state index in [0.717, 1.165) is 12.6 Å². The first-order valence-electron chi connectivity index (χ1n) is 8.25. The average Bonchev–Trinajstić information content (AvgIpc) is 3.18. The molecule has 1 aromatic heterocycles. The molecule has 0 spiro atoms. The van der Waals surface area contributed by atoms with Crippen LogP contribution in [0.4, 0.5) is 0 Å². The molecule has 1 aliphatic heterocycles. The quantitative estimate of drug-likeness (QED) is 0.338. The minimum absolute atomic E-state index is 0.0122. The second-order valence-corrected chi connectivity index (χ2v) is 8.34. The summed E-state index contributed by atoms with van der Waals surface area (Å²) >= 11 is 0. The molecule has 0 aliphatic carbocycles. The molecule has 12 nitrogen and oxygen atoms in total. The number of aromatic nitrogens is 1. The van der Waals surface area contributed by atoms with Crippen LogP contribution in [0.25, 0.3) is 0 Å². The monoisotopic (exact) mass is 422 g/mol. The third kappa shape index (κ3) is 5.94. The van der Waals surface area contributed by atoms with Crippen molar-refractivity contribution in [2.75, 3.05) is 27.1 Å². The number of hydrogen-bond donors (Lipinski definition) is 2. The van der Waals surface area contributed by atoms with Gasteiger partial charge in [0.1, 0.15) is 0 Å². The fraction of sp³-hybridized carbons (Fsp3) is 0.600. The summed E-state index contributed by atoms with van der Waals surface area (Å²) in [6, 6.07) is 0. The Hall–Kier alpha value is -2.11. The van der Waals surface area contributed by atoms with E-state index in [4.69, 9.17) is 22.7 Å². The van der Waals surface area contributed by atoms with Gasteiger partial charge in [0, 0.05) is 0 Å². The van der Waals surface area contributed by atoms with Gasteiger partial charge in [-0.1, -0.05) is 0 Å². The first-order valence-corrected chi connectivity index (χ1v) is 9.92. The van der Waals surface area contributed by atoms with Crippen LogP contribution in [-0.2, 0) is 32.6 Å². The number of nitrogens with one attached hydrogen (secondary N) is 1. The number of amides is 1. The van der Waals surface area contributed by atoms with E-state index < -0.39 is 44.3 Å². The van der Waals surface area contributed by atoms with Gasteiger partial charge in [0.15, 0.2) is 0 Å². The number of carbonyl (C=O) groups is 3. The minimum atomic E-state index is -4.25. The predicted molar refractivity (Wildman–Crippen MR) is 92.7 cm³/mol. The van der Waals surface area contributed by atoms with E-state index in [2.05, 4.69) is 15.0 Å². The summed E-state index contributed by atoms with van der Waals surface area (Å²) in [5.74, 6) is -2.03. The summed E-state index contributed by atoms with van der Waals surface area (Å²) in [5.41, 5.74) is -0.783. The first-order chi connectivity index (χ1) is 13.2. The summed E-state index contributed by atoms with van der Waals surface area (Å²) in [5, 5.41) is 2.53. The van der Waals surface area contributed by atoms with Gasteiger partial charge in [-0.3, -0.25) is 0 Å². The van der Waals surface area contributed by atoms with Crippen molar-refractivity contribution >= 4 is 26.0 Å². The van der Waals surface area contributed by atoms with Gasteiger partial charge in [0.2, 0.25) is 0 Å². The molecule has 1 saturated heterocycles. The van der Waals surface area contributed by atoms with Gasteiger partial charge in [0.25, 0.3) is 0 Å². The van der Waals surface area contributed by atoms with E-state index in [1.54, 1.807) is 13.8 Å². The zero-order valence-corrected chi connectivity index (χ0v) is 16.6. The van der Waals surface area contributed by atoms with Gasteiger partial charge in [-0.25, -0.2) is 0 Å². The molecule has 2 N–H and O–H groups in total. The number of esters is 2. The molecule has 2 heterocycles. The fourth-order valence-electron chi connectivity index (χ4n) is 2.21. The second-order valence-electron chi connectivity index (χ2n) is 6.48. The Balaban J connectivity index is 1.88. The summed E-state index contributed by atoms with van der Waals surface area (Å²) in [6.07, 6.45) is 1.08. The molecule has 0 aromatic carbocycles. The van der Waals surface area contributed by atoms with Crippen molar-refractivity contribution in [2.45, 2.75) is 26.4 Å². The van der Waals surface area contributed by atoms with Crippen molar-refractivity contribution in [1.82, 2.24) is 10.3 Å². The number of nitrogens with zero attached hydrogens (tertiary/aromatic N) is 1. The molecule has 1 atom stereocenters. The maximum absolute atomic E-state index is 12.4. The predicted octanol–water partition coefficient (Wildman–Crippen LogP) is 0.329. The molecular formula is C15H23N2O10P. The molecule has 1 amide bonds. The van der Waals surface area contributed by atoms with E-state index in [1.807, 2.05) is 0 Å². The first kappa shape index (κ1) is 22.2. The molecule has 0 bridgehead atoms. The van der Waals surface area contributed by atoms with Crippen LogP contribution in [0.15, 0.2) is 17.0 Å². The molecule has 2 rings (SSSR count). The standard InChI is InChI=1S/C15H23N2O10P/c1-15(2)7-25-28(21,26-9-24-14(20)10-6-16-8-23-10)27-12(15)13(19)17-5-4-11(18)22-3/h6,8,12,21,28H,4-5,7,9H2,1-3H3,(H,17,19)/t12-/m0/s1. The Labute approximate surface area is 161 Å². The molecule has 0 saturated carbocycles. The summed E-state index contributed by atoms with van der Waals surface area (Å²) in [6.45, 7) is 2.73. The van der Waals surface area contributed by atoms with Gasteiger partial charge >= 0.3 is 160 Å². The van der Waals surface area contributed by atoms with Crippen LogP contribution in [-0.4, -0.2) is 60.9 Å². The molecule has 1 aromatic rings. The molecule has 0 radical (unpaired) electrons. The molecule has 28 heavy (non-hydrogen) atoms. The van der Waals surface area contributed by atoms with Gasteiger partial charge in [0.05, 0.1) is 0 Å². The van der Waals surface area contributed by atoms with E-state index in [9.17, 15) is 19.3 Å². The van der Waals surface area contributed by atoms with Crippen molar-refractivity contribution in [3.63, 3.8) is 0 Å². The number of ether oxygens (including phenoxy) is 2. The molecule has 0 unspecified atom stereocenters. The molecule has 1 fully saturated rings. The van der Waals surface area contributed by atoms with Crippen LogP contribution in [0.5, 0.6) is 0 Å². The van der Waals surface area contributed by atoms with E-state index in [0.29, 0.717) is 0 Å². The Bertz CT molecular complexity index is 695. The van der Waals surface area contributed by atoms with Gasteiger partial charge in [-0.15, -0.1) is 0 Å². The van der Waals surface area contributed by atoms with Crippen molar-refractivity contribution in [3.8, 4) is 0 Å². The third-order valence-electron chi connectivity index (χ3n) is 3.76. The third-order valence-corrected chi connectivity index (χ3v) is 5.29. The topological polar surface area (TPSA) is 156 Å². The van der Waals surface area contributed by atoms with E-state index >= 15 is 0 Å². The Morgan fingerprint density at radius 2 is 2.18 bits per heavy atom. The van der Waals surface area contributed by atoms with Gasteiger partial charge < -0.3 is 0 Å². The Morgan fingerprint density at radius 1 is 1.43 bits per heavy atom. The number of carbonyl (C=O) groups excluding carboxylic acids is 3. The fourth-order valence-corrected chi connectivity index (χ4v) is 3.91. The molecular weight excluding hydrogens is 399 g/mol. The zero-order chi connectivity index (χ0) is 20.8. The normalized spacial score (nSPS) is 21.4. The van der Waals surface area contributed by atoms with Crippen LogP contribution in [0.2, 0.25) is 0 Å². The van der Waals surface area contributed by atoms with E-state index in [-0.39, 0.29) is 25.3 Å². The van der Waals surface area contributed by atoms with Crippen LogP contribution in [0.1, 0.15) is 30.8 Å². The number of hydrogen-bond acceptors (Lipinski definition) is 11. The van der Waals surface area contributed by atoms with Crippen molar-refractivity contribution in [2.24, 2.45) is 5.41 Å². The number of rotatable bonds is 8. The van der Waals surface area contributed by atoms with Gasteiger partial charge in [-0.05, 0) is 0 Å². The maximum atomic E-state index is 12.4. The Kier molecular flexibility index (Phi) is 7.44. The number of methoxy groups -OCH3 is 1. The van der Waals surface area contributed by atoms with Crippen molar-refractivity contribution in [1.29, 1.82) is 0 Å². The van der Waals surface area contributed by atoms with Gasteiger partial charge in [-0.2, -0.15) is 0 Å². The average molecular weight is 422 g/mol. The number of oxazole rings is 1. The molecule has 158 valence electrons. The van der Waals surface area contributed by atoms with Crippen LogP contribution >= 0.6 is 8.17 Å². The molecule has 1 aliphatic rings. The van der Waals surface area contributed by atoms with E-state index in [1.165, 1.54) is 7.11 Å². The SMILES string of the molecule is COC(=O)CCNC(=O)[C@@H]1O[PH](O)(OCOC(=O)c2cnco2)OCC1(C)C. The molecule has 13 heteroatoms. The summed E-state index contributed by atoms with van der Waals surface area (Å²) in [4.78, 5) is 49.2. The summed E-state index contributed by atoms with van der Waals surface area (Å²) in [7, 11) is -3.00. The van der Waals surface area contributed by atoms with Crippen molar-refractivity contribution < 1.29 is 46.7 Å². The van der Waals surface area contributed by atoms with Crippen LogP contribution in [0, 0.1) is 5.41 Å². The van der Waals surface area contributed by atoms with Crippen LogP contribution < -0.4 is 5.32 Å². The summed E-state index contributed by atoms with van der Waals surface area (Å²) < 4.78 is 29.8. The zero-order valence-electron chi connectivity index (χ0n) is 15.6. The van der Waals surface area contributed by atoms with Crippen LogP contribution in [0.3, 0.4) is 0 Å². The second kappa shape index (κ2) is 9.39.